The SMILES string of the molecule is [CH2]CCC(C=C)CC(=O)O. The molecule has 0 rings (SSSR count). The third kappa shape index (κ3) is 4.13. The van der Waals surface area contributed by atoms with Crippen molar-refractivity contribution in [1.82, 2.24) is 0 Å². The lowest BCUT2D eigenvalue weighted by molar-refractivity contribution is -0.137. The summed E-state index contributed by atoms with van der Waals surface area (Å²) < 4.78 is 0. The summed E-state index contributed by atoms with van der Waals surface area (Å²) in [5, 5.41) is 8.37. The molecular formula is C8H13O2. The average Bonchev–Trinajstić information content (AvgIpc) is 1.86. The van der Waals surface area contributed by atoms with Gasteiger partial charge in [-0.15, -0.1) is 6.58 Å². The van der Waals surface area contributed by atoms with Crippen molar-refractivity contribution in [3.05, 3.63) is 19.6 Å². The first-order chi connectivity index (χ1) is 4.70. The van der Waals surface area contributed by atoms with E-state index in [1.54, 1.807) is 6.08 Å². The van der Waals surface area contributed by atoms with Crippen LogP contribution in [0.25, 0.3) is 0 Å². The molecule has 0 aromatic heterocycles. The van der Waals surface area contributed by atoms with E-state index < -0.39 is 5.97 Å². The highest BCUT2D eigenvalue weighted by molar-refractivity contribution is 5.67. The Bertz CT molecular complexity index is 118. The van der Waals surface area contributed by atoms with Gasteiger partial charge < -0.3 is 5.11 Å². The van der Waals surface area contributed by atoms with E-state index >= 15 is 0 Å². The molecule has 0 saturated carbocycles. The molecule has 0 aliphatic heterocycles. The summed E-state index contributed by atoms with van der Waals surface area (Å²) in [6, 6.07) is 0. The van der Waals surface area contributed by atoms with E-state index in [0.717, 1.165) is 12.8 Å². The molecule has 2 heteroatoms. The molecular weight excluding hydrogens is 128 g/mol. The van der Waals surface area contributed by atoms with Crippen LogP contribution in [0.2, 0.25) is 0 Å². The molecule has 57 valence electrons. The normalized spacial score (nSPS) is 12.5. The van der Waals surface area contributed by atoms with Crippen molar-refractivity contribution in [3.8, 4) is 0 Å². The molecule has 0 saturated heterocycles. The molecule has 1 radical (unpaired) electrons. The van der Waals surface area contributed by atoms with Crippen LogP contribution in [0.1, 0.15) is 19.3 Å². The Morgan fingerprint density at radius 3 is 2.60 bits per heavy atom. The zero-order chi connectivity index (χ0) is 7.98. The van der Waals surface area contributed by atoms with Crippen molar-refractivity contribution in [2.45, 2.75) is 19.3 Å². The molecule has 0 heterocycles. The number of carboxylic acid groups (broad SMARTS) is 1. The molecule has 0 fully saturated rings. The van der Waals surface area contributed by atoms with E-state index in [4.69, 9.17) is 5.11 Å². The van der Waals surface area contributed by atoms with Crippen LogP contribution in [0.4, 0.5) is 0 Å². The van der Waals surface area contributed by atoms with Crippen LogP contribution in [0, 0.1) is 12.8 Å². The molecule has 0 aromatic carbocycles. The first-order valence-electron chi connectivity index (χ1n) is 3.34. The number of carboxylic acids is 1. The fraction of sp³-hybridized carbons (Fsp3) is 0.500. The van der Waals surface area contributed by atoms with Gasteiger partial charge in [0.25, 0.3) is 0 Å². The number of hydrogen-bond donors (Lipinski definition) is 1. The van der Waals surface area contributed by atoms with Crippen LogP contribution in [-0.2, 0) is 4.79 Å². The summed E-state index contributed by atoms with van der Waals surface area (Å²) in [4.78, 5) is 10.2. The van der Waals surface area contributed by atoms with Crippen LogP contribution in [0.15, 0.2) is 12.7 Å². The maximum atomic E-state index is 10.2. The molecule has 0 aromatic rings. The first kappa shape index (κ1) is 9.21. The Hall–Kier alpha value is -0.790. The summed E-state index contributed by atoms with van der Waals surface area (Å²) in [7, 11) is 0. The topological polar surface area (TPSA) is 37.3 Å². The lowest BCUT2D eigenvalue weighted by Crippen LogP contribution is -2.04. The quantitative estimate of drug-likeness (QED) is 0.593. The zero-order valence-corrected chi connectivity index (χ0v) is 6.05. The molecule has 10 heavy (non-hydrogen) atoms. The molecule has 0 bridgehead atoms. The van der Waals surface area contributed by atoms with Crippen LogP contribution >= 0.6 is 0 Å². The van der Waals surface area contributed by atoms with E-state index in [2.05, 4.69) is 13.5 Å². The minimum atomic E-state index is -0.765. The van der Waals surface area contributed by atoms with Crippen LogP contribution in [0.3, 0.4) is 0 Å². The number of aliphatic carboxylic acids is 1. The van der Waals surface area contributed by atoms with Gasteiger partial charge in [-0.05, 0) is 12.3 Å². The van der Waals surface area contributed by atoms with Crippen molar-refractivity contribution in [2.24, 2.45) is 5.92 Å². The smallest absolute Gasteiger partial charge is 0.303 e. The fourth-order valence-corrected chi connectivity index (χ4v) is 0.790. The van der Waals surface area contributed by atoms with E-state index in [1.807, 2.05) is 0 Å². The lowest BCUT2D eigenvalue weighted by atomic mass is 10.0. The number of hydrogen-bond acceptors (Lipinski definition) is 1. The zero-order valence-electron chi connectivity index (χ0n) is 6.05. The monoisotopic (exact) mass is 141 g/mol. The van der Waals surface area contributed by atoms with Crippen LogP contribution in [-0.4, -0.2) is 11.1 Å². The molecule has 1 atom stereocenters. The number of allylic oxidation sites excluding steroid dienone is 1. The van der Waals surface area contributed by atoms with Crippen molar-refractivity contribution in [3.63, 3.8) is 0 Å². The Kier molecular flexibility index (Phi) is 4.63. The Morgan fingerprint density at radius 1 is 1.70 bits per heavy atom. The summed E-state index contributed by atoms with van der Waals surface area (Å²) in [6.45, 7) is 7.18. The highest BCUT2D eigenvalue weighted by Crippen LogP contribution is 2.11. The Balaban J connectivity index is 3.59. The minimum absolute atomic E-state index is 0.0926. The molecule has 2 nitrogen and oxygen atoms in total. The largest absolute Gasteiger partial charge is 0.481 e. The van der Waals surface area contributed by atoms with Crippen molar-refractivity contribution < 1.29 is 9.90 Å². The van der Waals surface area contributed by atoms with Gasteiger partial charge in [-0.2, -0.15) is 0 Å². The predicted octanol–water partition coefficient (Wildman–Crippen LogP) is 1.88. The highest BCUT2D eigenvalue weighted by atomic mass is 16.4. The van der Waals surface area contributed by atoms with Crippen molar-refractivity contribution in [1.29, 1.82) is 0 Å². The molecule has 0 aliphatic rings. The van der Waals surface area contributed by atoms with E-state index in [-0.39, 0.29) is 12.3 Å². The first-order valence-corrected chi connectivity index (χ1v) is 3.34. The molecule has 0 aliphatic carbocycles. The van der Waals surface area contributed by atoms with Gasteiger partial charge in [0.05, 0.1) is 6.42 Å². The van der Waals surface area contributed by atoms with Crippen molar-refractivity contribution in [2.75, 3.05) is 0 Å². The average molecular weight is 141 g/mol. The Morgan fingerprint density at radius 2 is 2.30 bits per heavy atom. The maximum Gasteiger partial charge on any atom is 0.303 e. The summed E-state index contributed by atoms with van der Waals surface area (Å²) in [5.41, 5.74) is 0. The third-order valence-electron chi connectivity index (χ3n) is 1.35. The summed E-state index contributed by atoms with van der Waals surface area (Å²) in [5.74, 6) is -0.673. The predicted molar refractivity (Wildman–Crippen MR) is 40.5 cm³/mol. The third-order valence-corrected chi connectivity index (χ3v) is 1.35. The van der Waals surface area contributed by atoms with Gasteiger partial charge in [0, 0.05) is 0 Å². The van der Waals surface area contributed by atoms with Gasteiger partial charge in [-0.25, -0.2) is 0 Å². The van der Waals surface area contributed by atoms with E-state index in [0.29, 0.717) is 0 Å². The second-order valence-corrected chi connectivity index (χ2v) is 2.24. The van der Waals surface area contributed by atoms with Gasteiger partial charge in [0.1, 0.15) is 0 Å². The van der Waals surface area contributed by atoms with Gasteiger partial charge in [0.2, 0.25) is 0 Å². The van der Waals surface area contributed by atoms with Gasteiger partial charge in [-0.1, -0.05) is 19.4 Å². The molecule has 0 spiro atoms. The number of carbonyl (C=O) groups is 1. The summed E-state index contributed by atoms with van der Waals surface area (Å²) in [6.07, 6.45) is 3.44. The molecule has 1 N–H and O–H groups in total. The van der Waals surface area contributed by atoms with Crippen molar-refractivity contribution >= 4 is 5.97 Å². The second kappa shape index (κ2) is 5.03. The second-order valence-electron chi connectivity index (χ2n) is 2.24. The maximum absolute atomic E-state index is 10.2. The van der Waals surface area contributed by atoms with E-state index in [9.17, 15) is 4.79 Å². The molecule has 1 unspecified atom stereocenters. The van der Waals surface area contributed by atoms with Crippen LogP contribution in [0.5, 0.6) is 0 Å². The summed E-state index contributed by atoms with van der Waals surface area (Å²) >= 11 is 0. The van der Waals surface area contributed by atoms with Gasteiger partial charge >= 0.3 is 5.97 Å². The van der Waals surface area contributed by atoms with Gasteiger partial charge in [-0.3, -0.25) is 4.79 Å². The molecule has 0 amide bonds. The lowest BCUT2D eigenvalue weighted by Gasteiger charge is -2.05. The van der Waals surface area contributed by atoms with Crippen LogP contribution < -0.4 is 0 Å². The highest BCUT2D eigenvalue weighted by Gasteiger charge is 2.06. The number of rotatable bonds is 5. The fourth-order valence-electron chi connectivity index (χ4n) is 0.790. The minimum Gasteiger partial charge on any atom is -0.481 e. The standard InChI is InChI=1S/C8H13O2/c1-3-5-7(4-2)6-8(9)10/h4,7H,1-3,5-6H2,(H,9,10). The van der Waals surface area contributed by atoms with Gasteiger partial charge in [0.15, 0.2) is 0 Å². The Labute approximate surface area is 61.6 Å². The van der Waals surface area contributed by atoms with E-state index in [1.165, 1.54) is 0 Å².